The molecule has 2 aliphatic heterocycles. The van der Waals surface area contributed by atoms with Crippen LogP contribution in [0, 0.1) is 19.8 Å². The molecule has 4 atom stereocenters. The number of thioether (sulfide) groups is 2. The summed E-state index contributed by atoms with van der Waals surface area (Å²) in [5, 5.41) is 1.32. The summed E-state index contributed by atoms with van der Waals surface area (Å²) in [5.74, 6) is 0.620. The van der Waals surface area contributed by atoms with Crippen molar-refractivity contribution in [3.05, 3.63) is 89.0 Å². The number of allylic oxidation sites excluding steroid dienone is 1. The molecule has 0 aromatic heterocycles. The van der Waals surface area contributed by atoms with E-state index in [4.69, 9.17) is 0 Å². The van der Waals surface area contributed by atoms with Gasteiger partial charge in [0.25, 0.3) is 0 Å². The largest absolute Gasteiger partial charge is 0.137 e. The third-order valence-electron chi connectivity index (χ3n) is 5.46. The summed E-state index contributed by atoms with van der Waals surface area (Å²) in [6, 6.07) is 18.2. The van der Waals surface area contributed by atoms with Crippen LogP contribution in [-0.2, 0) is 4.75 Å². The first-order valence-corrected chi connectivity index (χ1v) is 10.3. The molecule has 2 heteroatoms. The SMILES string of the molecule is Cc1ccc(C2=C[C@@]3(c4ccc(C)cc4)S[C@@H]4C=C[C@H]3[C@@H]4S2)cc1. The molecule has 2 aromatic carbocycles. The number of hydrogen-bond donors (Lipinski definition) is 0. The molecule has 4 bridgehead atoms. The Hall–Kier alpha value is -1.38. The number of aryl methyl sites for hydroxylation is 2. The van der Waals surface area contributed by atoms with E-state index in [2.05, 4.69) is 104 Å². The molecule has 2 heterocycles. The Balaban J connectivity index is 1.65. The smallest absolute Gasteiger partial charge is 0.0681 e. The van der Waals surface area contributed by atoms with E-state index < -0.39 is 0 Å². The summed E-state index contributed by atoms with van der Waals surface area (Å²) in [4.78, 5) is 1.45. The fraction of sp³-hybridized carbons (Fsp3) is 0.273. The first-order chi connectivity index (χ1) is 11.7. The minimum Gasteiger partial charge on any atom is -0.137 e. The van der Waals surface area contributed by atoms with Crippen LogP contribution in [0.4, 0.5) is 0 Å². The van der Waals surface area contributed by atoms with Crippen LogP contribution >= 0.6 is 23.5 Å². The average molecular weight is 349 g/mol. The molecule has 5 rings (SSSR count). The maximum Gasteiger partial charge on any atom is 0.0681 e. The molecule has 1 fully saturated rings. The topological polar surface area (TPSA) is 0 Å². The van der Waals surface area contributed by atoms with Crippen molar-refractivity contribution in [2.24, 2.45) is 5.92 Å². The summed E-state index contributed by atoms with van der Waals surface area (Å²) in [6.45, 7) is 4.33. The lowest BCUT2D eigenvalue weighted by Crippen LogP contribution is -2.31. The van der Waals surface area contributed by atoms with Crippen molar-refractivity contribution in [1.82, 2.24) is 0 Å². The van der Waals surface area contributed by atoms with Gasteiger partial charge in [-0.15, -0.1) is 23.5 Å². The number of hydrogen-bond acceptors (Lipinski definition) is 2. The minimum absolute atomic E-state index is 0.114. The molecule has 24 heavy (non-hydrogen) atoms. The van der Waals surface area contributed by atoms with E-state index in [1.165, 1.54) is 27.2 Å². The van der Waals surface area contributed by atoms with Crippen LogP contribution in [0.25, 0.3) is 4.91 Å². The normalized spacial score (nSPS) is 32.9. The van der Waals surface area contributed by atoms with E-state index in [1.807, 2.05) is 0 Å². The van der Waals surface area contributed by atoms with Gasteiger partial charge in [-0.25, -0.2) is 0 Å². The minimum atomic E-state index is 0.114. The van der Waals surface area contributed by atoms with Crippen molar-refractivity contribution in [2.75, 3.05) is 0 Å². The molecule has 0 saturated carbocycles. The van der Waals surface area contributed by atoms with Gasteiger partial charge < -0.3 is 0 Å². The molecule has 120 valence electrons. The Labute approximate surface area is 152 Å². The van der Waals surface area contributed by atoms with Gasteiger partial charge in [-0.05, 0) is 31.1 Å². The lowest BCUT2D eigenvalue weighted by atomic mass is 9.83. The lowest BCUT2D eigenvalue weighted by Gasteiger charge is -2.37. The molecular formula is C22H20S2. The Bertz CT molecular complexity index is 845. The molecule has 0 unspecified atom stereocenters. The first-order valence-electron chi connectivity index (χ1n) is 8.56. The van der Waals surface area contributed by atoms with Crippen LogP contribution in [-0.4, -0.2) is 10.5 Å². The third-order valence-corrected chi connectivity index (χ3v) is 8.84. The second-order valence-corrected chi connectivity index (χ2v) is 9.78. The summed E-state index contributed by atoms with van der Waals surface area (Å²) < 4.78 is 0.114. The molecule has 0 nitrogen and oxygen atoms in total. The van der Waals surface area contributed by atoms with Crippen LogP contribution in [0.15, 0.2) is 66.8 Å². The molecule has 0 radical (unpaired) electrons. The number of rotatable bonds is 2. The Morgan fingerprint density at radius 2 is 1.50 bits per heavy atom. The standard InChI is InChI=1S/C22H20S2/c1-14-3-7-16(8-4-14)20-13-22(17-9-5-15(2)6-10-17)18-11-12-19(24-22)21(18)23-20/h3-13,18-19,21H,1-2H3/t18-,19+,21-,22-/m0/s1. The lowest BCUT2D eigenvalue weighted by molar-refractivity contribution is 0.573. The van der Waals surface area contributed by atoms with Crippen LogP contribution < -0.4 is 0 Å². The van der Waals surface area contributed by atoms with Gasteiger partial charge >= 0.3 is 0 Å². The van der Waals surface area contributed by atoms with E-state index in [-0.39, 0.29) is 4.75 Å². The zero-order chi connectivity index (χ0) is 16.3. The van der Waals surface area contributed by atoms with E-state index in [0.717, 1.165) is 0 Å². The van der Waals surface area contributed by atoms with Crippen molar-refractivity contribution in [2.45, 2.75) is 29.1 Å². The fourth-order valence-corrected chi connectivity index (χ4v) is 7.88. The van der Waals surface area contributed by atoms with Gasteiger partial charge in [0.15, 0.2) is 0 Å². The van der Waals surface area contributed by atoms with E-state index in [1.54, 1.807) is 0 Å². The summed E-state index contributed by atoms with van der Waals surface area (Å²) >= 11 is 4.24. The van der Waals surface area contributed by atoms with Crippen molar-refractivity contribution in [3.8, 4) is 0 Å². The molecule has 0 amide bonds. The van der Waals surface area contributed by atoms with E-state index in [9.17, 15) is 0 Å². The van der Waals surface area contributed by atoms with Crippen molar-refractivity contribution in [1.29, 1.82) is 0 Å². The summed E-state index contributed by atoms with van der Waals surface area (Å²) in [5.41, 5.74) is 5.49. The van der Waals surface area contributed by atoms with Crippen LogP contribution in [0.5, 0.6) is 0 Å². The number of benzene rings is 2. The fourth-order valence-electron chi connectivity index (χ4n) is 4.12. The summed E-state index contributed by atoms with van der Waals surface area (Å²) in [7, 11) is 0. The molecule has 2 aromatic rings. The van der Waals surface area contributed by atoms with Gasteiger partial charge in [-0.2, -0.15) is 0 Å². The maximum atomic E-state index is 2.56. The average Bonchev–Trinajstić information content (AvgIpc) is 3.07. The van der Waals surface area contributed by atoms with Crippen LogP contribution in [0.2, 0.25) is 0 Å². The Kier molecular flexibility index (Phi) is 3.30. The molecule has 1 saturated heterocycles. The predicted octanol–water partition coefficient (Wildman–Crippen LogP) is 5.96. The highest BCUT2D eigenvalue weighted by Crippen LogP contribution is 2.67. The second kappa shape index (κ2) is 5.31. The Morgan fingerprint density at radius 3 is 2.21 bits per heavy atom. The quantitative estimate of drug-likeness (QED) is 0.614. The molecule has 0 N–H and O–H groups in total. The van der Waals surface area contributed by atoms with Crippen molar-refractivity contribution >= 4 is 28.4 Å². The van der Waals surface area contributed by atoms with E-state index in [0.29, 0.717) is 16.4 Å². The monoisotopic (exact) mass is 348 g/mol. The van der Waals surface area contributed by atoms with Gasteiger partial charge in [0.1, 0.15) is 0 Å². The van der Waals surface area contributed by atoms with Crippen LogP contribution in [0.1, 0.15) is 22.3 Å². The van der Waals surface area contributed by atoms with Gasteiger partial charge in [0.05, 0.1) is 4.75 Å². The van der Waals surface area contributed by atoms with Crippen LogP contribution in [0.3, 0.4) is 0 Å². The second-order valence-electron chi connectivity index (χ2n) is 7.11. The van der Waals surface area contributed by atoms with Crippen molar-refractivity contribution < 1.29 is 0 Å². The highest BCUT2D eigenvalue weighted by atomic mass is 32.2. The van der Waals surface area contributed by atoms with Gasteiger partial charge in [0.2, 0.25) is 0 Å². The van der Waals surface area contributed by atoms with Crippen molar-refractivity contribution in [3.63, 3.8) is 0 Å². The molecular weight excluding hydrogens is 328 g/mol. The van der Waals surface area contributed by atoms with Gasteiger partial charge in [-0.3, -0.25) is 0 Å². The summed E-state index contributed by atoms with van der Waals surface area (Å²) in [6.07, 6.45) is 7.47. The molecule has 1 aliphatic carbocycles. The van der Waals surface area contributed by atoms with Gasteiger partial charge in [0, 0.05) is 21.3 Å². The highest BCUT2D eigenvalue weighted by molar-refractivity contribution is 8.11. The highest BCUT2D eigenvalue weighted by Gasteiger charge is 2.58. The molecule has 0 spiro atoms. The predicted molar refractivity (Wildman–Crippen MR) is 107 cm³/mol. The van der Waals surface area contributed by atoms with Gasteiger partial charge in [-0.1, -0.05) is 71.8 Å². The zero-order valence-corrected chi connectivity index (χ0v) is 15.5. The first kappa shape index (κ1) is 14.9. The Morgan fingerprint density at radius 1 is 0.833 bits per heavy atom. The zero-order valence-electron chi connectivity index (χ0n) is 13.9. The third kappa shape index (κ3) is 2.09. The van der Waals surface area contributed by atoms with E-state index >= 15 is 0 Å². The molecule has 3 aliphatic rings. The maximum absolute atomic E-state index is 2.56.